The van der Waals surface area contributed by atoms with Gasteiger partial charge in [-0.1, -0.05) is 6.07 Å². The van der Waals surface area contributed by atoms with Crippen molar-refractivity contribution < 1.29 is 14.3 Å². The molecule has 7 nitrogen and oxygen atoms in total. The fourth-order valence-corrected chi connectivity index (χ4v) is 1.78. The predicted molar refractivity (Wildman–Crippen MR) is 69.6 cm³/mol. The number of amides is 3. The molecule has 0 bridgehead atoms. The van der Waals surface area contributed by atoms with Gasteiger partial charge in [0.2, 0.25) is 0 Å². The van der Waals surface area contributed by atoms with E-state index in [2.05, 4.69) is 10.6 Å². The SMILES string of the molecule is CC1Oc2ccc(CCNC(=O)NN)cc2NC1=O. The highest BCUT2D eigenvalue weighted by molar-refractivity contribution is 5.97. The summed E-state index contributed by atoms with van der Waals surface area (Å²) in [6, 6.07) is 5.11. The Morgan fingerprint density at radius 1 is 1.53 bits per heavy atom. The van der Waals surface area contributed by atoms with Gasteiger partial charge in [-0.05, 0) is 31.0 Å². The molecule has 0 saturated carbocycles. The lowest BCUT2D eigenvalue weighted by Gasteiger charge is -2.23. The van der Waals surface area contributed by atoms with Crippen LogP contribution in [0.3, 0.4) is 0 Å². The number of rotatable bonds is 3. The van der Waals surface area contributed by atoms with Crippen LogP contribution in [0.2, 0.25) is 0 Å². The zero-order valence-corrected chi connectivity index (χ0v) is 10.5. The van der Waals surface area contributed by atoms with Gasteiger partial charge in [-0.25, -0.2) is 10.6 Å². The number of hydrogen-bond acceptors (Lipinski definition) is 4. The summed E-state index contributed by atoms with van der Waals surface area (Å²) >= 11 is 0. The smallest absolute Gasteiger partial charge is 0.328 e. The van der Waals surface area contributed by atoms with E-state index in [-0.39, 0.29) is 5.91 Å². The van der Waals surface area contributed by atoms with E-state index >= 15 is 0 Å². The molecule has 1 aliphatic rings. The molecule has 102 valence electrons. The van der Waals surface area contributed by atoms with Crippen molar-refractivity contribution in [2.45, 2.75) is 19.4 Å². The van der Waals surface area contributed by atoms with Crippen LogP contribution in [0.15, 0.2) is 18.2 Å². The first-order valence-corrected chi connectivity index (χ1v) is 5.95. The Labute approximate surface area is 110 Å². The number of nitrogens with one attached hydrogen (secondary N) is 3. The number of benzene rings is 1. The number of nitrogens with two attached hydrogens (primary N) is 1. The van der Waals surface area contributed by atoms with E-state index < -0.39 is 12.1 Å². The fourth-order valence-electron chi connectivity index (χ4n) is 1.78. The summed E-state index contributed by atoms with van der Waals surface area (Å²) in [5.74, 6) is 5.44. The molecule has 0 fully saturated rings. The Bertz CT molecular complexity index is 504. The zero-order chi connectivity index (χ0) is 13.8. The maximum absolute atomic E-state index is 11.5. The molecular formula is C12H16N4O3. The van der Waals surface area contributed by atoms with Crippen LogP contribution in [0, 0.1) is 0 Å². The summed E-state index contributed by atoms with van der Waals surface area (Å²) in [5, 5.41) is 5.36. The molecule has 0 aliphatic carbocycles. The molecule has 1 aromatic rings. The first kappa shape index (κ1) is 13.2. The first-order valence-electron chi connectivity index (χ1n) is 5.95. The zero-order valence-electron chi connectivity index (χ0n) is 10.5. The minimum atomic E-state index is -0.478. The quantitative estimate of drug-likeness (QED) is 0.353. The second kappa shape index (κ2) is 5.57. The first-order chi connectivity index (χ1) is 9.10. The van der Waals surface area contributed by atoms with Crippen LogP contribution >= 0.6 is 0 Å². The molecular weight excluding hydrogens is 248 g/mol. The van der Waals surface area contributed by atoms with Crippen molar-refractivity contribution in [3.8, 4) is 5.75 Å². The number of hydrazine groups is 1. The molecule has 0 aromatic heterocycles. The highest BCUT2D eigenvalue weighted by atomic mass is 16.5. The number of urea groups is 1. The van der Waals surface area contributed by atoms with Crippen molar-refractivity contribution in [2.24, 2.45) is 5.84 Å². The van der Waals surface area contributed by atoms with E-state index in [1.54, 1.807) is 6.92 Å². The van der Waals surface area contributed by atoms with E-state index in [1.165, 1.54) is 0 Å². The molecule has 0 spiro atoms. The maximum Gasteiger partial charge on any atom is 0.328 e. The molecule has 1 atom stereocenters. The van der Waals surface area contributed by atoms with Crippen LogP contribution in [-0.4, -0.2) is 24.6 Å². The second-order valence-electron chi connectivity index (χ2n) is 4.23. The molecule has 1 aromatic carbocycles. The summed E-state index contributed by atoms with van der Waals surface area (Å²) in [6.07, 6.45) is 0.153. The number of ether oxygens (including phenoxy) is 1. The van der Waals surface area contributed by atoms with Crippen molar-refractivity contribution in [1.82, 2.24) is 10.7 Å². The Balaban J connectivity index is 1.99. The van der Waals surface area contributed by atoms with E-state index in [0.717, 1.165) is 5.56 Å². The number of hydrogen-bond donors (Lipinski definition) is 4. The largest absolute Gasteiger partial charge is 0.479 e. The van der Waals surface area contributed by atoms with Crippen LogP contribution in [-0.2, 0) is 11.2 Å². The second-order valence-corrected chi connectivity index (χ2v) is 4.23. The molecule has 7 heteroatoms. The van der Waals surface area contributed by atoms with Crippen molar-refractivity contribution in [3.05, 3.63) is 23.8 Å². The Hall–Kier alpha value is -2.28. The fraction of sp³-hybridized carbons (Fsp3) is 0.333. The van der Waals surface area contributed by atoms with Gasteiger partial charge in [-0.3, -0.25) is 10.2 Å². The lowest BCUT2D eigenvalue weighted by Crippen LogP contribution is -2.40. The number of carbonyl (C=O) groups excluding carboxylic acids is 2. The monoisotopic (exact) mass is 264 g/mol. The third-order valence-electron chi connectivity index (χ3n) is 2.81. The molecule has 0 radical (unpaired) electrons. The Kier molecular flexibility index (Phi) is 3.86. The van der Waals surface area contributed by atoms with Gasteiger partial charge in [0.05, 0.1) is 5.69 Å². The van der Waals surface area contributed by atoms with Gasteiger partial charge >= 0.3 is 6.03 Å². The van der Waals surface area contributed by atoms with Crippen molar-refractivity contribution in [1.29, 1.82) is 0 Å². The normalized spacial score (nSPS) is 16.9. The lowest BCUT2D eigenvalue weighted by atomic mass is 10.1. The molecule has 1 aliphatic heterocycles. The molecule has 3 amide bonds. The topological polar surface area (TPSA) is 105 Å². The minimum absolute atomic E-state index is 0.162. The van der Waals surface area contributed by atoms with Crippen molar-refractivity contribution in [3.63, 3.8) is 0 Å². The van der Waals surface area contributed by atoms with E-state index in [9.17, 15) is 9.59 Å². The lowest BCUT2D eigenvalue weighted by molar-refractivity contribution is -0.122. The van der Waals surface area contributed by atoms with E-state index in [4.69, 9.17) is 10.6 Å². The summed E-state index contributed by atoms with van der Waals surface area (Å²) in [4.78, 5) is 22.4. The van der Waals surface area contributed by atoms with Gasteiger partial charge in [0.15, 0.2) is 6.10 Å². The number of carbonyl (C=O) groups is 2. The average molecular weight is 264 g/mol. The predicted octanol–water partition coefficient (Wildman–Crippen LogP) is 0.121. The minimum Gasteiger partial charge on any atom is -0.479 e. The number of fused-ring (bicyclic) bond motifs is 1. The van der Waals surface area contributed by atoms with Gasteiger partial charge < -0.3 is 15.4 Å². The molecule has 1 heterocycles. The molecule has 5 N–H and O–H groups in total. The van der Waals surface area contributed by atoms with Gasteiger partial charge in [0, 0.05) is 6.54 Å². The summed E-state index contributed by atoms with van der Waals surface area (Å²) in [6.45, 7) is 2.15. The van der Waals surface area contributed by atoms with Gasteiger partial charge in [-0.15, -0.1) is 0 Å². The van der Waals surface area contributed by atoms with Gasteiger partial charge in [0.1, 0.15) is 5.75 Å². The van der Waals surface area contributed by atoms with Crippen molar-refractivity contribution >= 4 is 17.6 Å². The van der Waals surface area contributed by atoms with Crippen LogP contribution in [0.25, 0.3) is 0 Å². The van der Waals surface area contributed by atoms with Crippen molar-refractivity contribution in [2.75, 3.05) is 11.9 Å². The third-order valence-corrected chi connectivity index (χ3v) is 2.81. The average Bonchev–Trinajstić information content (AvgIpc) is 2.40. The molecule has 0 saturated heterocycles. The molecule has 2 rings (SSSR count). The van der Waals surface area contributed by atoms with Crippen LogP contribution in [0.5, 0.6) is 5.75 Å². The van der Waals surface area contributed by atoms with Crippen LogP contribution in [0.1, 0.15) is 12.5 Å². The van der Waals surface area contributed by atoms with Gasteiger partial charge in [-0.2, -0.15) is 0 Å². The summed E-state index contributed by atoms with van der Waals surface area (Å²) in [5.41, 5.74) is 3.62. The van der Waals surface area contributed by atoms with Gasteiger partial charge in [0.25, 0.3) is 5.91 Å². The highest BCUT2D eigenvalue weighted by Crippen LogP contribution is 2.30. The summed E-state index contributed by atoms with van der Waals surface area (Å²) < 4.78 is 5.45. The number of anilines is 1. The standard InChI is InChI=1S/C12H16N4O3/c1-7-11(17)15-9-6-8(2-3-10(9)19-7)4-5-14-12(18)16-13/h2-3,6-7H,4-5,13H2,1H3,(H,15,17)(H2,14,16,18). The molecule has 1 unspecified atom stereocenters. The maximum atomic E-state index is 11.5. The Morgan fingerprint density at radius 2 is 2.32 bits per heavy atom. The highest BCUT2D eigenvalue weighted by Gasteiger charge is 2.23. The molecule has 19 heavy (non-hydrogen) atoms. The summed E-state index contributed by atoms with van der Waals surface area (Å²) in [7, 11) is 0. The van der Waals surface area contributed by atoms with Crippen LogP contribution < -0.4 is 26.6 Å². The third kappa shape index (κ3) is 3.14. The Morgan fingerprint density at radius 3 is 3.05 bits per heavy atom. The van der Waals surface area contributed by atoms with E-state index in [0.29, 0.717) is 24.4 Å². The van der Waals surface area contributed by atoms with E-state index in [1.807, 2.05) is 23.6 Å². The van der Waals surface area contributed by atoms with Crippen LogP contribution in [0.4, 0.5) is 10.5 Å².